The minimum absolute atomic E-state index is 0.561. The molecule has 1 aromatic carbocycles. The number of nitrogens with one attached hydrogen (secondary N) is 2. The van der Waals surface area contributed by atoms with Crippen LogP contribution < -0.4 is 20.1 Å². The molecule has 7 heteroatoms. The van der Waals surface area contributed by atoms with Crippen molar-refractivity contribution in [3.63, 3.8) is 0 Å². The SMILES string of the molecule is CCOc1ccc(Oc2cc(CNC(=NC)NCC3CCCN3CC)ccn2)cc1. The van der Waals surface area contributed by atoms with Crippen LogP contribution in [0.4, 0.5) is 0 Å². The van der Waals surface area contributed by atoms with Crippen molar-refractivity contribution in [2.75, 3.05) is 33.3 Å². The number of likely N-dealkylation sites (N-methyl/N-ethyl adjacent to an activating group) is 1. The minimum atomic E-state index is 0.561. The highest BCUT2D eigenvalue weighted by Gasteiger charge is 2.22. The molecule has 0 spiro atoms. The lowest BCUT2D eigenvalue weighted by Gasteiger charge is -2.24. The summed E-state index contributed by atoms with van der Waals surface area (Å²) in [6, 6.07) is 12.0. The van der Waals surface area contributed by atoms with E-state index in [1.807, 2.05) is 43.3 Å². The molecule has 0 amide bonds. The molecule has 1 unspecified atom stereocenters. The predicted octanol–water partition coefficient (Wildman–Crippen LogP) is 3.42. The van der Waals surface area contributed by atoms with Crippen LogP contribution in [0.15, 0.2) is 47.6 Å². The van der Waals surface area contributed by atoms with E-state index in [1.54, 1.807) is 13.2 Å². The Bertz CT molecular complexity index is 809. The molecular formula is C23H33N5O2. The van der Waals surface area contributed by atoms with Crippen molar-refractivity contribution < 1.29 is 9.47 Å². The molecule has 2 aromatic rings. The maximum Gasteiger partial charge on any atom is 0.219 e. The van der Waals surface area contributed by atoms with Gasteiger partial charge in [0.25, 0.3) is 0 Å². The topological polar surface area (TPSA) is 71.0 Å². The quantitative estimate of drug-likeness (QED) is 0.487. The van der Waals surface area contributed by atoms with Crippen molar-refractivity contribution in [3.8, 4) is 17.4 Å². The van der Waals surface area contributed by atoms with Gasteiger partial charge in [0, 0.05) is 38.4 Å². The van der Waals surface area contributed by atoms with Crippen LogP contribution in [0.3, 0.4) is 0 Å². The van der Waals surface area contributed by atoms with Gasteiger partial charge in [-0.05, 0) is 68.8 Å². The lowest BCUT2D eigenvalue weighted by atomic mass is 10.2. The van der Waals surface area contributed by atoms with Crippen LogP contribution in [-0.2, 0) is 6.54 Å². The first kappa shape index (κ1) is 21.9. The molecule has 0 bridgehead atoms. The number of nitrogens with zero attached hydrogens (tertiary/aromatic N) is 3. The summed E-state index contributed by atoms with van der Waals surface area (Å²) in [4.78, 5) is 11.2. The average molecular weight is 412 g/mol. The number of likely N-dealkylation sites (tertiary alicyclic amines) is 1. The maximum absolute atomic E-state index is 5.88. The van der Waals surface area contributed by atoms with Gasteiger partial charge in [-0.15, -0.1) is 0 Å². The van der Waals surface area contributed by atoms with Crippen LogP contribution in [0.1, 0.15) is 32.3 Å². The summed E-state index contributed by atoms with van der Waals surface area (Å²) in [6.07, 6.45) is 4.28. The van der Waals surface area contributed by atoms with E-state index in [4.69, 9.17) is 9.47 Å². The van der Waals surface area contributed by atoms with Crippen LogP contribution in [0.5, 0.6) is 17.4 Å². The zero-order chi connectivity index (χ0) is 21.2. The second-order valence-electron chi connectivity index (χ2n) is 7.24. The largest absolute Gasteiger partial charge is 0.494 e. The van der Waals surface area contributed by atoms with Crippen LogP contribution in [0, 0.1) is 0 Å². The van der Waals surface area contributed by atoms with Gasteiger partial charge in [-0.3, -0.25) is 9.89 Å². The summed E-state index contributed by atoms with van der Waals surface area (Å²) >= 11 is 0. The first-order valence-corrected chi connectivity index (χ1v) is 10.8. The van der Waals surface area contributed by atoms with Crippen LogP contribution >= 0.6 is 0 Å². The smallest absolute Gasteiger partial charge is 0.219 e. The molecule has 162 valence electrons. The van der Waals surface area contributed by atoms with E-state index in [2.05, 4.69) is 32.4 Å². The fourth-order valence-corrected chi connectivity index (χ4v) is 3.67. The van der Waals surface area contributed by atoms with Crippen molar-refractivity contribution in [1.29, 1.82) is 0 Å². The van der Waals surface area contributed by atoms with Crippen LogP contribution in [0.2, 0.25) is 0 Å². The minimum Gasteiger partial charge on any atom is -0.494 e. The monoisotopic (exact) mass is 411 g/mol. The van der Waals surface area contributed by atoms with Crippen molar-refractivity contribution in [2.24, 2.45) is 4.99 Å². The number of hydrogen-bond donors (Lipinski definition) is 2. The number of pyridine rings is 1. The molecule has 2 heterocycles. The third-order valence-electron chi connectivity index (χ3n) is 5.25. The molecule has 7 nitrogen and oxygen atoms in total. The Kier molecular flexibility index (Phi) is 8.32. The Morgan fingerprint density at radius 2 is 1.97 bits per heavy atom. The summed E-state index contributed by atoms with van der Waals surface area (Å²) in [5.41, 5.74) is 1.07. The molecular weight excluding hydrogens is 378 g/mol. The molecule has 1 aliphatic heterocycles. The number of ether oxygens (including phenoxy) is 2. The summed E-state index contributed by atoms with van der Waals surface area (Å²) in [5, 5.41) is 6.83. The Morgan fingerprint density at radius 3 is 2.70 bits per heavy atom. The normalized spacial score (nSPS) is 17.0. The Balaban J connectivity index is 1.50. The average Bonchev–Trinajstić information content (AvgIpc) is 3.23. The summed E-state index contributed by atoms with van der Waals surface area (Å²) < 4.78 is 11.3. The second-order valence-corrected chi connectivity index (χ2v) is 7.24. The molecule has 1 fully saturated rings. The van der Waals surface area contributed by atoms with Crippen molar-refractivity contribution in [2.45, 2.75) is 39.3 Å². The fraction of sp³-hybridized carbons (Fsp3) is 0.478. The van der Waals surface area contributed by atoms with E-state index >= 15 is 0 Å². The maximum atomic E-state index is 5.88. The molecule has 1 atom stereocenters. The molecule has 0 saturated carbocycles. The highest BCUT2D eigenvalue weighted by molar-refractivity contribution is 5.79. The Hall–Kier alpha value is -2.80. The second kappa shape index (κ2) is 11.4. The molecule has 1 saturated heterocycles. The highest BCUT2D eigenvalue weighted by Crippen LogP contribution is 2.23. The van der Waals surface area contributed by atoms with Crippen LogP contribution in [0.25, 0.3) is 0 Å². The number of benzene rings is 1. The van der Waals surface area contributed by atoms with E-state index < -0.39 is 0 Å². The number of rotatable bonds is 9. The van der Waals surface area contributed by atoms with E-state index in [0.717, 1.165) is 36.1 Å². The molecule has 0 aliphatic carbocycles. The zero-order valence-corrected chi connectivity index (χ0v) is 18.2. The van der Waals surface area contributed by atoms with Crippen LogP contribution in [-0.4, -0.2) is 55.2 Å². The van der Waals surface area contributed by atoms with Gasteiger partial charge >= 0.3 is 0 Å². The van der Waals surface area contributed by atoms with E-state index in [9.17, 15) is 0 Å². The first-order chi connectivity index (χ1) is 14.7. The third kappa shape index (κ3) is 6.35. The van der Waals surface area contributed by atoms with Crippen molar-refractivity contribution >= 4 is 5.96 Å². The standard InChI is InChI=1S/C23H33N5O2/c1-4-28-14-6-7-19(28)17-27-23(24-3)26-16-18-12-13-25-22(15-18)30-21-10-8-20(9-11-21)29-5-2/h8-13,15,19H,4-7,14,16-17H2,1-3H3,(H2,24,26,27). The Morgan fingerprint density at radius 1 is 1.17 bits per heavy atom. The van der Waals surface area contributed by atoms with Gasteiger partial charge in [0.05, 0.1) is 6.61 Å². The first-order valence-electron chi connectivity index (χ1n) is 10.8. The lowest BCUT2D eigenvalue weighted by Crippen LogP contribution is -2.44. The van der Waals surface area contributed by atoms with Crippen molar-refractivity contribution in [3.05, 3.63) is 48.2 Å². The molecule has 0 radical (unpaired) electrons. The molecule has 1 aromatic heterocycles. The van der Waals surface area contributed by atoms with Gasteiger partial charge in [-0.1, -0.05) is 6.92 Å². The third-order valence-corrected chi connectivity index (χ3v) is 5.25. The van der Waals surface area contributed by atoms with Gasteiger partial charge in [0.15, 0.2) is 5.96 Å². The summed E-state index contributed by atoms with van der Waals surface area (Å²) in [5.74, 6) is 2.93. The number of aromatic nitrogens is 1. The van der Waals surface area contributed by atoms with Gasteiger partial charge < -0.3 is 20.1 Å². The Labute approximate surface area is 179 Å². The van der Waals surface area contributed by atoms with Gasteiger partial charge in [0.2, 0.25) is 5.88 Å². The van der Waals surface area contributed by atoms with Gasteiger partial charge in [-0.2, -0.15) is 0 Å². The van der Waals surface area contributed by atoms with E-state index in [-0.39, 0.29) is 0 Å². The summed E-state index contributed by atoms with van der Waals surface area (Å²) in [7, 11) is 1.80. The zero-order valence-electron chi connectivity index (χ0n) is 18.2. The van der Waals surface area contributed by atoms with Gasteiger partial charge in [0.1, 0.15) is 11.5 Å². The number of aliphatic imine (C=N–C) groups is 1. The lowest BCUT2D eigenvalue weighted by molar-refractivity contribution is 0.267. The molecule has 2 N–H and O–H groups in total. The summed E-state index contributed by atoms with van der Waals surface area (Å²) in [6.45, 7) is 8.69. The van der Waals surface area contributed by atoms with Crippen molar-refractivity contribution in [1.82, 2.24) is 20.5 Å². The molecule has 1 aliphatic rings. The van der Waals surface area contributed by atoms with E-state index in [1.165, 1.54) is 19.4 Å². The number of guanidine groups is 1. The number of hydrogen-bond acceptors (Lipinski definition) is 5. The predicted molar refractivity (Wildman–Crippen MR) is 120 cm³/mol. The highest BCUT2D eigenvalue weighted by atomic mass is 16.5. The molecule has 30 heavy (non-hydrogen) atoms. The van der Waals surface area contributed by atoms with E-state index in [0.29, 0.717) is 25.1 Å². The fourth-order valence-electron chi connectivity index (χ4n) is 3.67. The van der Waals surface area contributed by atoms with Gasteiger partial charge in [-0.25, -0.2) is 4.98 Å². The molecule has 3 rings (SSSR count).